The van der Waals surface area contributed by atoms with Crippen molar-refractivity contribution in [1.29, 1.82) is 0 Å². The molecule has 0 radical (unpaired) electrons. The predicted octanol–water partition coefficient (Wildman–Crippen LogP) is 5.71. The van der Waals surface area contributed by atoms with E-state index in [1.165, 1.54) is 28.2 Å². The first-order valence-electron chi connectivity index (χ1n) is 7.15. The summed E-state index contributed by atoms with van der Waals surface area (Å²) in [4.78, 5) is 13.7. The van der Waals surface area contributed by atoms with Crippen molar-refractivity contribution in [1.82, 2.24) is 15.0 Å². The van der Waals surface area contributed by atoms with Crippen LogP contribution in [0.1, 0.15) is 5.01 Å². The Morgan fingerprint density at radius 2 is 1.67 bits per heavy atom. The zero-order chi connectivity index (χ0) is 16.3. The Morgan fingerprint density at radius 3 is 2.58 bits per heavy atom. The maximum Gasteiger partial charge on any atom is 0.190 e. The highest BCUT2D eigenvalue weighted by atomic mass is 32.1. The quantitative estimate of drug-likeness (QED) is 0.431. The summed E-state index contributed by atoms with van der Waals surface area (Å²) in [6.45, 7) is 2.01. The van der Waals surface area contributed by atoms with Gasteiger partial charge in [-0.2, -0.15) is 0 Å². The third kappa shape index (κ3) is 2.26. The van der Waals surface area contributed by atoms with Crippen molar-refractivity contribution in [2.45, 2.75) is 6.92 Å². The minimum Gasteiger partial charge on any atom is -0.307 e. The van der Waals surface area contributed by atoms with Gasteiger partial charge in [0, 0.05) is 0 Å². The van der Waals surface area contributed by atoms with E-state index in [0.717, 1.165) is 36.1 Å². The van der Waals surface area contributed by atoms with Gasteiger partial charge in [0.05, 0.1) is 30.1 Å². The molecule has 0 unspecified atom stereocenters. The van der Waals surface area contributed by atoms with Crippen LogP contribution in [0.25, 0.3) is 30.6 Å². The minimum absolute atomic E-state index is 0.251. The van der Waals surface area contributed by atoms with E-state index in [4.69, 9.17) is 0 Å². The molecule has 24 heavy (non-hydrogen) atoms. The van der Waals surface area contributed by atoms with Gasteiger partial charge in [-0.25, -0.2) is 19.3 Å². The molecule has 0 bridgehead atoms. The summed E-state index contributed by atoms with van der Waals surface area (Å²) in [7, 11) is 0. The molecular weight excluding hydrogens is 363 g/mol. The Kier molecular flexibility index (Phi) is 3.06. The van der Waals surface area contributed by atoms with E-state index in [1.807, 2.05) is 13.0 Å². The Balaban J connectivity index is 1.59. The van der Waals surface area contributed by atoms with Crippen molar-refractivity contribution in [3.63, 3.8) is 0 Å². The fourth-order valence-corrected chi connectivity index (χ4v) is 5.39. The van der Waals surface area contributed by atoms with Crippen LogP contribution < -0.4 is 5.32 Å². The van der Waals surface area contributed by atoms with Crippen LogP contribution >= 0.6 is 34.0 Å². The lowest BCUT2D eigenvalue weighted by atomic mass is 10.3. The van der Waals surface area contributed by atoms with Crippen LogP contribution in [0.4, 0.5) is 14.7 Å². The zero-order valence-electron chi connectivity index (χ0n) is 12.3. The molecule has 5 aromatic rings. The van der Waals surface area contributed by atoms with E-state index in [-0.39, 0.29) is 5.82 Å². The molecule has 0 amide bonds. The molecule has 2 aromatic carbocycles. The molecule has 4 nitrogen and oxygen atoms in total. The number of halogens is 1. The lowest BCUT2D eigenvalue weighted by Crippen LogP contribution is -1.86. The summed E-state index contributed by atoms with van der Waals surface area (Å²) in [5.41, 5.74) is 2.71. The van der Waals surface area contributed by atoms with Gasteiger partial charge in [-0.1, -0.05) is 22.7 Å². The molecule has 0 aliphatic heterocycles. The summed E-state index contributed by atoms with van der Waals surface area (Å²) in [5, 5.41) is 5.77. The summed E-state index contributed by atoms with van der Waals surface area (Å²) in [6, 6.07) is 8.69. The predicted molar refractivity (Wildman–Crippen MR) is 100 cm³/mol. The van der Waals surface area contributed by atoms with Crippen molar-refractivity contribution in [2.24, 2.45) is 0 Å². The van der Waals surface area contributed by atoms with Crippen LogP contribution in [0.2, 0.25) is 0 Å². The van der Waals surface area contributed by atoms with Crippen molar-refractivity contribution >= 4 is 74.9 Å². The summed E-state index contributed by atoms with van der Waals surface area (Å²) in [5.74, 6) is -0.251. The number of hydrogen-bond donors (Lipinski definition) is 1. The van der Waals surface area contributed by atoms with Gasteiger partial charge < -0.3 is 5.32 Å². The number of thiazole rings is 3. The maximum absolute atomic E-state index is 13.3. The summed E-state index contributed by atoms with van der Waals surface area (Å²) >= 11 is 4.66. The topological polar surface area (TPSA) is 50.7 Å². The minimum atomic E-state index is -0.251. The molecule has 1 N–H and O–H groups in total. The van der Waals surface area contributed by atoms with Gasteiger partial charge in [0.2, 0.25) is 0 Å². The van der Waals surface area contributed by atoms with Crippen molar-refractivity contribution < 1.29 is 4.39 Å². The van der Waals surface area contributed by atoms with Crippen molar-refractivity contribution in [3.8, 4) is 0 Å². The molecule has 0 saturated heterocycles. The maximum atomic E-state index is 13.3. The lowest BCUT2D eigenvalue weighted by Gasteiger charge is -1.93. The smallest absolute Gasteiger partial charge is 0.190 e. The largest absolute Gasteiger partial charge is 0.307 e. The van der Waals surface area contributed by atoms with Crippen molar-refractivity contribution in [2.75, 3.05) is 5.32 Å². The second kappa shape index (κ2) is 5.17. The van der Waals surface area contributed by atoms with Gasteiger partial charge in [0.1, 0.15) is 11.3 Å². The first kappa shape index (κ1) is 14.2. The standard InChI is InChI=1S/C16H9FN4S3/c1-7-18-13-11(22-7)5-4-10-14(13)24-16(20-10)21-15-19-9-3-2-8(17)6-12(9)23-15/h2-6H,1H3,(H,19,20,21). The molecule has 0 aliphatic rings. The normalized spacial score (nSPS) is 11.8. The lowest BCUT2D eigenvalue weighted by molar-refractivity contribution is 0.630. The van der Waals surface area contributed by atoms with Crippen LogP contribution in [-0.2, 0) is 0 Å². The number of aromatic nitrogens is 3. The molecule has 0 aliphatic carbocycles. The average molecular weight is 372 g/mol. The van der Waals surface area contributed by atoms with Gasteiger partial charge >= 0.3 is 0 Å². The second-order valence-corrected chi connectivity index (χ2v) is 8.53. The van der Waals surface area contributed by atoms with Gasteiger partial charge in [-0.05, 0) is 37.3 Å². The number of hydrogen-bond acceptors (Lipinski definition) is 7. The molecule has 3 heterocycles. The van der Waals surface area contributed by atoms with Gasteiger partial charge in [-0.3, -0.25) is 0 Å². The van der Waals surface area contributed by atoms with E-state index < -0.39 is 0 Å². The number of nitrogens with zero attached hydrogens (tertiary/aromatic N) is 3. The summed E-state index contributed by atoms with van der Waals surface area (Å²) < 4.78 is 16.4. The molecular formula is C16H9FN4S3. The molecule has 0 saturated carbocycles. The highest BCUT2D eigenvalue weighted by Crippen LogP contribution is 2.36. The first-order valence-corrected chi connectivity index (χ1v) is 9.60. The molecule has 5 rings (SSSR count). The fourth-order valence-electron chi connectivity index (χ4n) is 2.58. The Hall–Kier alpha value is -2.16. The number of benzene rings is 2. The number of nitrogens with one attached hydrogen (secondary N) is 1. The van der Waals surface area contributed by atoms with Crippen LogP contribution in [0.5, 0.6) is 0 Å². The molecule has 0 spiro atoms. The molecule has 8 heteroatoms. The van der Waals surface area contributed by atoms with Crippen LogP contribution in [0.15, 0.2) is 30.3 Å². The van der Waals surface area contributed by atoms with Crippen LogP contribution in [0, 0.1) is 12.7 Å². The first-order chi connectivity index (χ1) is 11.7. The van der Waals surface area contributed by atoms with Crippen LogP contribution in [-0.4, -0.2) is 15.0 Å². The third-order valence-corrected chi connectivity index (χ3v) is 6.45. The zero-order valence-corrected chi connectivity index (χ0v) is 14.8. The van der Waals surface area contributed by atoms with E-state index in [2.05, 4.69) is 26.3 Å². The third-order valence-electron chi connectivity index (χ3n) is 3.59. The van der Waals surface area contributed by atoms with Gasteiger partial charge in [-0.15, -0.1) is 11.3 Å². The number of rotatable bonds is 2. The van der Waals surface area contributed by atoms with Crippen LogP contribution in [0.3, 0.4) is 0 Å². The monoisotopic (exact) mass is 372 g/mol. The number of aryl methyl sites for hydroxylation is 1. The highest BCUT2D eigenvalue weighted by molar-refractivity contribution is 7.25. The summed E-state index contributed by atoms with van der Waals surface area (Å²) in [6.07, 6.45) is 0. The van der Waals surface area contributed by atoms with E-state index in [1.54, 1.807) is 28.7 Å². The second-order valence-electron chi connectivity index (χ2n) is 5.27. The van der Waals surface area contributed by atoms with Crippen molar-refractivity contribution in [3.05, 3.63) is 41.2 Å². The molecule has 0 atom stereocenters. The fraction of sp³-hybridized carbons (Fsp3) is 0.0625. The number of fused-ring (bicyclic) bond motifs is 4. The van der Waals surface area contributed by atoms with E-state index in [9.17, 15) is 4.39 Å². The Morgan fingerprint density at radius 1 is 0.875 bits per heavy atom. The van der Waals surface area contributed by atoms with E-state index >= 15 is 0 Å². The number of anilines is 2. The van der Waals surface area contributed by atoms with Gasteiger partial charge in [0.25, 0.3) is 0 Å². The molecule has 118 valence electrons. The van der Waals surface area contributed by atoms with Gasteiger partial charge in [0.15, 0.2) is 10.3 Å². The molecule has 0 fully saturated rings. The Labute approximate surface area is 147 Å². The Bertz CT molecular complexity index is 1220. The highest BCUT2D eigenvalue weighted by Gasteiger charge is 2.12. The SMILES string of the molecule is Cc1nc2c(ccc3nc(Nc4nc5ccc(F)cc5s4)sc32)s1. The molecule has 3 aromatic heterocycles. The average Bonchev–Trinajstić information content (AvgIpc) is 3.21. The van der Waals surface area contributed by atoms with E-state index in [0.29, 0.717) is 5.13 Å².